The van der Waals surface area contributed by atoms with Crippen LogP contribution in [0.2, 0.25) is 0 Å². The predicted octanol–water partition coefficient (Wildman–Crippen LogP) is 2.74. The number of ether oxygens (including phenoxy) is 1. The molecule has 3 fully saturated rings. The third-order valence-corrected chi connectivity index (χ3v) is 7.34. The normalized spacial score (nSPS) is 20.3. The van der Waals surface area contributed by atoms with E-state index < -0.39 is 0 Å². The third kappa shape index (κ3) is 7.21. The topological polar surface area (TPSA) is 120 Å². The fourth-order valence-corrected chi connectivity index (χ4v) is 4.89. The summed E-state index contributed by atoms with van der Waals surface area (Å²) >= 11 is 0. The molecule has 0 spiro atoms. The third-order valence-electron chi connectivity index (χ3n) is 7.34. The van der Waals surface area contributed by atoms with Crippen molar-refractivity contribution < 1.29 is 23.9 Å². The maximum Gasteiger partial charge on any atom is 0.321 e. The summed E-state index contributed by atoms with van der Waals surface area (Å²) in [5.74, 6) is 0.261. The quantitative estimate of drug-likeness (QED) is 0.439. The number of nitrogens with zero attached hydrogens (tertiary/aromatic N) is 2. The van der Waals surface area contributed by atoms with E-state index in [4.69, 9.17) is 4.74 Å². The molecule has 3 N–H and O–H groups in total. The van der Waals surface area contributed by atoms with Gasteiger partial charge in [-0.05, 0) is 76.5 Å². The minimum absolute atomic E-state index is 0.0299. The SMILES string of the molecule is CC(C)N(C=O)c1ccc(NC(=O)N2CCCC(NC(=O)C3CCOCC3)C2)cc1C(=O)NCC1CC1. The smallest absolute Gasteiger partial charge is 0.321 e. The molecule has 37 heavy (non-hydrogen) atoms. The number of urea groups is 1. The van der Waals surface area contributed by atoms with Gasteiger partial charge in [-0.1, -0.05) is 0 Å². The zero-order valence-electron chi connectivity index (χ0n) is 21.8. The lowest BCUT2D eigenvalue weighted by Crippen LogP contribution is -2.52. The monoisotopic (exact) mass is 513 g/mol. The zero-order valence-corrected chi connectivity index (χ0v) is 21.8. The molecule has 1 atom stereocenters. The Hall–Kier alpha value is -3.14. The lowest BCUT2D eigenvalue weighted by atomic mass is 9.98. The highest BCUT2D eigenvalue weighted by Crippen LogP contribution is 2.29. The van der Waals surface area contributed by atoms with Crippen LogP contribution in [0.5, 0.6) is 0 Å². The number of benzene rings is 1. The van der Waals surface area contributed by atoms with Gasteiger partial charge < -0.3 is 30.5 Å². The van der Waals surface area contributed by atoms with Gasteiger partial charge in [-0.15, -0.1) is 0 Å². The van der Waals surface area contributed by atoms with Gasteiger partial charge in [0.1, 0.15) is 0 Å². The average molecular weight is 514 g/mol. The molecule has 2 aliphatic heterocycles. The van der Waals surface area contributed by atoms with Crippen molar-refractivity contribution in [3.8, 4) is 0 Å². The first kappa shape index (κ1) is 26.9. The van der Waals surface area contributed by atoms with Crippen molar-refractivity contribution in [3.05, 3.63) is 23.8 Å². The molecule has 0 bridgehead atoms. The van der Waals surface area contributed by atoms with Gasteiger partial charge in [0.15, 0.2) is 0 Å². The summed E-state index contributed by atoms with van der Waals surface area (Å²) < 4.78 is 5.35. The Kier molecular flexibility index (Phi) is 9.02. The number of likely N-dealkylation sites (tertiary alicyclic amines) is 1. The van der Waals surface area contributed by atoms with Crippen LogP contribution in [0.25, 0.3) is 0 Å². The summed E-state index contributed by atoms with van der Waals surface area (Å²) in [7, 11) is 0. The summed E-state index contributed by atoms with van der Waals surface area (Å²) in [6.07, 6.45) is 6.03. The molecule has 202 valence electrons. The molecule has 0 aromatic heterocycles. The van der Waals surface area contributed by atoms with E-state index in [2.05, 4.69) is 16.0 Å². The van der Waals surface area contributed by atoms with Crippen LogP contribution in [-0.4, -0.2) is 74.1 Å². The number of piperidine rings is 1. The van der Waals surface area contributed by atoms with Gasteiger partial charge in [-0.25, -0.2) is 4.79 Å². The Morgan fingerprint density at radius 1 is 1.14 bits per heavy atom. The van der Waals surface area contributed by atoms with E-state index in [1.807, 2.05) is 13.8 Å². The van der Waals surface area contributed by atoms with Crippen molar-refractivity contribution in [1.82, 2.24) is 15.5 Å². The van der Waals surface area contributed by atoms with Crippen LogP contribution in [0.15, 0.2) is 18.2 Å². The number of amides is 5. The van der Waals surface area contributed by atoms with Crippen LogP contribution < -0.4 is 20.9 Å². The molecule has 10 heteroatoms. The number of anilines is 2. The molecule has 0 radical (unpaired) electrons. The largest absolute Gasteiger partial charge is 0.381 e. The Bertz CT molecular complexity index is 989. The van der Waals surface area contributed by atoms with Crippen LogP contribution in [0.1, 0.15) is 62.7 Å². The maximum absolute atomic E-state index is 13.1. The molecule has 3 aliphatic rings. The van der Waals surface area contributed by atoms with Crippen LogP contribution in [0.3, 0.4) is 0 Å². The van der Waals surface area contributed by atoms with E-state index in [9.17, 15) is 19.2 Å². The van der Waals surface area contributed by atoms with Crippen LogP contribution >= 0.6 is 0 Å². The van der Waals surface area contributed by atoms with Crippen molar-refractivity contribution in [3.63, 3.8) is 0 Å². The first-order valence-electron chi connectivity index (χ1n) is 13.5. The zero-order chi connectivity index (χ0) is 26.4. The molecule has 1 aromatic carbocycles. The summed E-state index contributed by atoms with van der Waals surface area (Å²) in [6.45, 7) is 6.60. The Labute approximate surface area is 218 Å². The summed E-state index contributed by atoms with van der Waals surface area (Å²) in [6, 6.07) is 4.53. The lowest BCUT2D eigenvalue weighted by Gasteiger charge is -2.34. The Morgan fingerprint density at radius 2 is 1.89 bits per heavy atom. The van der Waals surface area contributed by atoms with Crippen LogP contribution in [0, 0.1) is 11.8 Å². The Morgan fingerprint density at radius 3 is 2.57 bits per heavy atom. The predicted molar refractivity (Wildman–Crippen MR) is 140 cm³/mol. The molecule has 2 saturated heterocycles. The minimum atomic E-state index is -0.279. The van der Waals surface area contributed by atoms with E-state index in [-0.39, 0.29) is 35.8 Å². The molecule has 10 nitrogen and oxygen atoms in total. The number of hydrogen-bond acceptors (Lipinski definition) is 5. The first-order chi connectivity index (χ1) is 17.9. The van der Waals surface area contributed by atoms with Gasteiger partial charge in [0.05, 0.1) is 11.3 Å². The second-order valence-corrected chi connectivity index (χ2v) is 10.6. The molecule has 1 unspecified atom stereocenters. The van der Waals surface area contributed by atoms with Crippen molar-refractivity contribution in [1.29, 1.82) is 0 Å². The molecule has 4 rings (SSSR count). The van der Waals surface area contributed by atoms with E-state index in [0.29, 0.717) is 55.7 Å². The van der Waals surface area contributed by atoms with Crippen molar-refractivity contribution in [2.75, 3.05) is 43.1 Å². The molecule has 1 aromatic rings. The number of carbonyl (C=O) groups is 4. The fourth-order valence-electron chi connectivity index (χ4n) is 4.89. The number of carbonyl (C=O) groups excluding carboxylic acids is 4. The number of nitrogens with one attached hydrogen (secondary N) is 3. The summed E-state index contributed by atoms with van der Waals surface area (Å²) in [5.41, 5.74) is 1.33. The van der Waals surface area contributed by atoms with Gasteiger partial charge in [-0.3, -0.25) is 14.4 Å². The Balaban J connectivity index is 1.41. The van der Waals surface area contributed by atoms with E-state index in [0.717, 1.165) is 44.9 Å². The number of rotatable bonds is 9. The summed E-state index contributed by atoms with van der Waals surface area (Å²) in [5, 5.41) is 8.99. The lowest BCUT2D eigenvalue weighted by molar-refractivity contribution is -0.128. The number of hydrogen-bond donors (Lipinski definition) is 3. The van der Waals surface area contributed by atoms with E-state index in [1.165, 1.54) is 4.90 Å². The molecule has 1 saturated carbocycles. The molecule has 1 aliphatic carbocycles. The maximum atomic E-state index is 13.1. The van der Waals surface area contributed by atoms with Gasteiger partial charge in [-0.2, -0.15) is 0 Å². The van der Waals surface area contributed by atoms with Crippen LogP contribution in [-0.2, 0) is 14.3 Å². The first-order valence-corrected chi connectivity index (χ1v) is 13.5. The van der Waals surface area contributed by atoms with Gasteiger partial charge in [0.25, 0.3) is 5.91 Å². The average Bonchev–Trinajstić information content (AvgIpc) is 3.73. The second-order valence-electron chi connectivity index (χ2n) is 10.6. The molecule has 5 amide bonds. The summed E-state index contributed by atoms with van der Waals surface area (Å²) in [4.78, 5) is 53.7. The van der Waals surface area contributed by atoms with Crippen molar-refractivity contribution in [2.24, 2.45) is 11.8 Å². The second kappa shape index (κ2) is 12.4. The van der Waals surface area contributed by atoms with E-state index in [1.54, 1.807) is 23.1 Å². The highest BCUT2D eigenvalue weighted by Gasteiger charge is 2.29. The van der Waals surface area contributed by atoms with E-state index >= 15 is 0 Å². The van der Waals surface area contributed by atoms with Crippen molar-refractivity contribution >= 4 is 35.6 Å². The molecule has 2 heterocycles. The van der Waals surface area contributed by atoms with Gasteiger partial charge in [0.2, 0.25) is 12.3 Å². The van der Waals surface area contributed by atoms with Gasteiger partial charge >= 0.3 is 6.03 Å². The van der Waals surface area contributed by atoms with Crippen LogP contribution in [0.4, 0.5) is 16.2 Å². The standard InChI is InChI=1S/C27H39N5O5/c1-18(2)32(17-33)24-8-7-21(14-23(24)26(35)28-15-19-5-6-19)30-27(36)31-11-3-4-22(16-31)29-25(34)20-9-12-37-13-10-20/h7-8,14,17-20,22H,3-6,9-13,15-16H2,1-2H3,(H,28,35)(H,29,34)(H,30,36). The molecular weight excluding hydrogens is 474 g/mol. The van der Waals surface area contributed by atoms with Gasteiger partial charge in [0, 0.05) is 56.5 Å². The fraction of sp³-hybridized carbons (Fsp3) is 0.630. The molecular formula is C27H39N5O5. The van der Waals surface area contributed by atoms with Crippen molar-refractivity contribution in [2.45, 2.75) is 64.5 Å². The highest BCUT2D eigenvalue weighted by atomic mass is 16.5. The highest BCUT2D eigenvalue weighted by molar-refractivity contribution is 6.03. The minimum Gasteiger partial charge on any atom is -0.381 e.